The maximum atomic E-state index is 12.3. The van der Waals surface area contributed by atoms with E-state index in [0.29, 0.717) is 5.56 Å². The standard InChI is InChI=1S/C15H21N3O2S/c1-10(19)17-13-6-5-11(8-14(13)21-2)15(20)18-12-4-3-7-16-9-12/h5-6,8,12,16H,3-4,7,9H2,1-2H3,(H,17,19)(H,18,20)/t12-/m0/s1. The van der Waals surface area contributed by atoms with E-state index in [1.54, 1.807) is 12.1 Å². The lowest BCUT2D eigenvalue weighted by Crippen LogP contribution is -2.45. The Bertz CT molecular complexity index is 528. The molecule has 5 nitrogen and oxygen atoms in total. The summed E-state index contributed by atoms with van der Waals surface area (Å²) in [5.41, 5.74) is 1.37. The first-order valence-corrected chi connectivity index (χ1v) is 8.30. The van der Waals surface area contributed by atoms with Gasteiger partial charge in [0.2, 0.25) is 5.91 Å². The van der Waals surface area contributed by atoms with Crippen molar-refractivity contribution in [2.24, 2.45) is 0 Å². The van der Waals surface area contributed by atoms with E-state index in [1.165, 1.54) is 18.7 Å². The molecule has 114 valence electrons. The van der Waals surface area contributed by atoms with E-state index < -0.39 is 0 Å². The molecule has 0 radical (unpaired) electrons. The third kappa shape index (κ3) is 4.47. The summed E-state index contributed by atoms with van der Waals surface area (Å²) in [4.78, 5) is 24.3. The van der Waals surface area contributed by atoms with E-state index in [2.05, 4.69) is 16.0 Å². The van der Waals surface area contributed by atoms with Gasteiger partial charge in [0.05, 0.1) is 5.69 Å². The van der Waals surface area contributed by atoms with E-state index in [4.69, 9.17) is 0 Å². The average molecular weight is 307 g/mol. The van der Waals surface area contributed by atoms with Crippen molar-refractivity contribution in [2.45, 2.75) is 30.7 Å². The second kappa shape index (κ2) is 7.47. The number of thioether (sulfide) groups is 1. The molecule has 0 aliphatic carbocycles. The highest BCUT2D eigenvalue weighted by molar-refractivity contribution is 7.98. The average Bonchev–Trinajstić information content (AvgIpc) is 2.48. The molecule has 1 fully saturated rings. The molecule has 0 unspecified atom stereocenters. The van der Waals surface area contributed by atoms with Crippen LogP contribution in [0.3, 0.4) is 0 Å². The van der Waals surface area contributed by atoms with Crippen LogP contribution in [0.1, 0.15) is 30.1 Å². The van der Waals surface area contributed by atoms with Gasteiger partial charge in [-0.05, 0) is 43.8 Å². The van der Waals surface area contributed by atoms with Crippen LogP contribution >= 0.6 is 11.8 Å². The maximum absolute atomic E-state index is 12.3. The van der Waals surface area contributed by atoms with Crippen molar-refractivity contribution in [3.05, 3.63) is 23.8 Å². The Labute approximate surface area is 129 Å². The van der Waals surface area contributed by atoms with Crippen molar-refractivity contribution in [3.63, 3.8) is 0 Å². The number of hydrogen-bond acceptors (Lipinski definition) is 4. The molecule has 1 saturated heterocycles. The van der Waals surface area contributed by atoms with E-state index in [1.807, 2.05) is 12.3 Å². The minimum Gasteiger partial charge on any atom is -0.348 e. The number of anilines is 1. The van der Waals surface area contributed by atoms with Crippen molar-refractivity contribution in [2.75, 3.05) is 24.7 Å². The van der Waals surface area contributed by atoms with Crippen LogP contribution < -0.4 is 16.0 Å². The molecule has 0 aromatic heterocycles. The highest BCUT2D eigenvalue weighted by Gasteiger charge is 2.17. The van der Waals surface area contributed by atoms with Crippen LogP contribution in [0.25, 0.3) is 0 Å². The first-order valence-electron chi connectivity index (χ1n) is 7.07. The number of carbonyl (C=O) groups excluding carboxylic acids is 2. The van der Waals surface area contributed by atoms with Crippen LogP contribution in [0, 0.1) is 0 Å². The summed E-state index contributed by atoms with van der Waals surface area (Å²) in [6.45, 7) is 3.32. The van der Waals surface area contributed by atoms with Crippen LogP contribution in [0.4, 0.5) is 5.69 Å². The predicted molar refractivity (Wildman–Crippen MR) is 85.9 cm³/mol. The minimum atomic E-state index is -0.115. The molecular weight excluding hydrogens is 286 g/mol. The number of hydrogen-bond donors (Lipinski definition) is 3. The van der Waals surface area contributed by atoms with Gasteiger partial charge in [0, 0.05) is 30.0 Å². The van der Waals surface area contributed by atoms with Crippen LogP contribution in [0.2, 0.25) is 0 Å². The molecule has 2 rings (SSSR count). The van der Waals surface area contributed by atoms with Gasteiger partial charge in [-0.15, -0.1) is 11.8 Å². The lowest BCUT2D eigenvalue weighted by atomic mass is 10.1. The summed E-state index contributed by atoms with van der Waals surface area (Å²) in [6.07, 6.45) is 4.02. The third-order valence-corrected chi connectivity index (χ3v) is 4.18. The Morgan fingerprint density at radius 2 is 2.19 bits per heavy atom. The fourth-order valence-electron chi connectivity index (χ4n) is 2.37. The number of carbonyl (C=O) groups is 2. The first-order chi connectivity index (χ1) is 10.1. The summed E-state index contributed by atoms with van der Waals surface area (Å²) >= 11 is 1.51. The molecule has 3 N–H and O–H groups in total. The monoisotopic (exact) mass is 307 g/mol. The SMILES string of the molecule is CSc1cc(C(=O)N[C@H]2CCCNC2)ccc1NC(C)=O. The summed E-state index contributed by atoms with van der Waals surface area (Å²) < 4.78 is 0. The first kappa shape index (κ1) is 15.9. The molecule has 1 heterocycles. The molecule has 6 heteroatoms. The molecule has 1 aliphatic rings. The molecule has 1 aromatic rings. The zero-order valence-electron chi connectivity index (χ0n) is 12.4. The van der Waals surface area contributed by atoms with Gasteiger partial charge < -0.3 is 16.0 Å². The second-order valence-corrected chi connectivity index (χ2v) is 5.96. The normalized spacial score (nSPS) is 18.1. The largest absolute Gasteiger partial charge is 0.348 e. The fraction of sp³-hybridized carbons (Fsp3) is 0.467. The number of benzene rings is 1. The summed E-state index contributed by atoms with van der Waals surface area (Å²) in [5, 5.41) is 9.10. The Morgan fingerprint density at radius 3 is 2.81 bits per heavy atom. The lowest BCUT2D eigenvalue weighted by molar-refractivity contribution is -0.114. The van der Waals surface area contributed by atoms with Crippen molar-refractivity contribution in [1.82, 2.24) is 10.6 Å². The van der Waals surface area contributed by atoms with Crippen LogP contribution in [-0.2, 0) is 4.79 Å². The molecule has 1 atom stereocenters. The summed E-state index contributed by atoms with van der Waals surface area (Å²) in [5.74, 6) is -0.177. The van der Waals surface area contributed by atoms with Crippen LogP contribution in [-0.4, -0.2) is 37.2 Å². The highest BCUT2D eigenvalue weighted by Crippen LogP contribution is 2.26. The fourth-order valence-corrected chi connectivity index (χ4v) is 2.95. The Morgan fingerprint density at radius 1 is 1.38 bits per heavy atom. The van der Waals surface area contributed by atoms with Gasteiger partial charge in [-0.1, -0.05) is 0 Å². The van der Waals surface area contributed by atoms with Gasteiger partial charge in [0.15, 0.2) is 0 Å². The molecule has 1 aromatic carbocycles. The molecular formula is C15H21N3O2S. The topological polar surface area (TPSA) is 70.2 Å². The van der Waals surface area contributed by atoms with E-state index in [9.17, 15) is 9.59 Å². The zero-order valence-corrected chi connectivity index (χ0v) is 13.2. The Kier molecular flexibility index (Phi) is 5.64. The number of amides is 2. The van der Waals surface area contributed by atoms with E-state index in [-0.39, 0.29) is 17.9 Å². The van der Waals surface area contributed by atoms with Gasteiger partial charge in [-0.2, -0.15) is 0 Å². The van der Waals surface area contributed by atoms with Crippen molar-refractivity contribution in [1.29, 1.82) is 0 Å². The van der Waals surface area contributed by atoms with Gasteiger partial charge >= 0.3 is 0 Å². The van der Waals surface area contributed by atoms with Gasteiger partial charge in [-0.3, -0.25) is 9.59 Å². The lowest BCUT2D eigenvalue weighted by Gasteiger charge is -2.24. The van der Waals surface area contributed by atoms with Crippen molar-refractivity contribution < 1.29 is 9.59 Å². The summed E-state index contributed by atoms with van der Waals surface area (Å²) in [6, 6.07) is 5.54. The van der Waals surface area contributed by atoms with E-state index >= 15 is 0 Å². The number of rotatable bonds is 4. The number of piperidine rings is 1. The van der Waals surface area contributed by atoms with Crippen molar-refractivity contribution in [3.8, 4) is 0 Å². The second-order valence-electron chi connectivity index (χ2n) is 5.11. The molecule has 0 saturated carbocycles. The Hall–Kier alpha value is -1.53. The maximum Gasteiger partial charge on any atom is 0.251 e. The quantitative estimate of drug-likeness (QED) is 0.743. The summed E-state index contributed by atoms with van der Waals surface area (Å²) in [7, 11) is 0. The zero-order chi connectivity index (χ0) is 15.2. The van der Waals surface area contributed by atoms with Crippen LogP contribution in [0.5, 0.6) is 0 Å². The van der Waals surface area contributed by atoms with Gasteiger partial charge in [-0.25, -0.2) is 0 Å². The van der Waals surface area contributed by atoms with E-state index in [0.717, 1.165) is 36.5 Å². The molecule has 0 bridgehead atoms. The smallest absolute Gasteiger partial charge is 0.251 e. The number of nitrogens with one attached hydrogen (secondary N) is 3. The van der Waals surface area contributed by atoms with Gasteiger partial charge in [0.1, 0.15) is 0 Å². The van der Waals surface area contributed by atoms with Crippen LogP contribution in [0.15, 0.2) is 23.1 Å². The third-order valence-electron chi connectivity index (χ3n) is 3.41. The molecule has 2 amide bonds. The highest BCUT2D eigenvalue weighted by atomic mass is 32.2. The molecule has 0 spiro atoms. The molecule has 1 aliphatic heterocycles. The predicted octanol–water partition coefficient (Wildman–Crippen LogP) is 1.85. The Balaban J connectivity index is 2.08. The van der Waals surface area contributed by atoms with Gasteiger partial charge in [0.25, 0.3) is 5.91 Å². The molecule has 21 heavy (non-hydrogen) atoms. The van der Waals surface area contributed by atoms with Crippen molar-refractivity contribution >= 4 is 29.3 Å². The minimum absolute atomic E-state index is 0.0617.